The Labute approximate surface area is 124 Å². The molecule has 3 rings (SSSR count). The molecule has 94 valence electrons. The molecule has 0 saturated heterocycles. The Kier molecular flexibility index (Phi) is 3.39. The molecule has 1 atom stereocenters. The van der Waals surface area contributed by atoms with Gasteiger partial charge >= 0.3 is 0 Å². The fraction of sp³-hybridized carbons (Fsp3) is 0.286. The average Bonchev–Trinajstić information content (AvgIpc) is 2.83. The van der Waals surface area contributed by atoms with Gasteiger partial charge in [-0.1, -0.05) is 27.5 Å². The number of hydrogen-bond acceptors (Lipinski definition) is 2. The van der Waals surface area contributed by atoms with Crippen molar-refractivity contribution in [2.75, 3.05) is 5.32 Å². The van der Waals surface area contributed by atoms with E-state index < -0.39 is 0 Å². The van der Waals surface area contributed by atoms with Gasteiger partial charge in [0.2, 0.25) is 0 Å². The van der Waals surface area contributed by atoms with Gasteiger partial charge in [-0.3, -0.25) is 0 Å². The number of nitrogens with one attached hydrogen (secondary N) is 1. The topological polar surface area (TPSA) is 12.0 Å². The molecule has 1 heterocycles. The van der Waals surface area contributed by atoms with Crippen molar-refractivity contribution in [3.8, 4) is 0 Å². The van der Waals surface area contributed by atoms with Crippen LogP contribution in [0, 0.1) is 6.92 Å². The van der Waals surface area contributed by atoms with Gasteiger partial charge in [0.1, 0.15) is 0 Å². The van der Waals surface area contributed by atoms with Crippen LogP contribution in [0.5, 0.6) is 0 Å². The summed E-state index contributed by atoms with van der Waals surface area (Å²) in [4.78, 5) is 1.44. The fourth-order valence-electron chi connectivity index (χ4n) is 2.46. The second-order valence-electron chi connectivity index (χ2n) is 4.62. The van der Waals surface area contributed by atoms with Crippen LogP contribution in [0.15, 0.2) is 28.7 Å². The van der Waals surface area contributed by atoms with Crippen LogP contribution in [0.3, 0.4) is 0 Å². The third-order valence-electron chi connectivity index (χ3n) is 3.37. The molecule has 1 unspecified atom stereocenters. The van der Waals surface area contributed by atoms with Gasteiger partial charge in [-0.05, 0) is 55.2 Å². The molecule has 0 aliphatic heterocycles. The highest BCUT2D eigenvalue weighted by molar-refractivity contribution is 9.10. The number of fused-ring (bicyclic) bond motifs is 1. The molecule has 4 heteroatoms. The maximum atomic E-state index is 6.08. The van der Waals surface area contributed by atoms with Crippen molar-refractivity contribution in [3.05, 3.63) is 49.1 Å². The van der Waals surface area contributed by atoms with Crippen LogP contribution in [0.4, 0.5) is 5.69 Å². The van der Waals surface area contributed by atoms with Gasteiger partial charge in [-0.25, -0.2) is 0 Å². The normalized spacial score (nSPS) is 17.8. The predicted molar refractivity (Wildman–Crippen MR) is 82.9 cm³/mol. The number of benzene rings is 1. The summed E-state index contributed by atoms with van der Waals surface area (Å²) in [5.74, 6) is 0. The van der Waals surface area contributed by atoms with E-state index in [-0.39, 0.29) is 0 Å². The van der Waals surface area contributed by atoms with E-state index in [1.165, 1.54) is 21.7 Å². The van der Waals surface area contributed by atoms with E-state index in [2.05, 4.69) is 52.4 Å². The first kappa shape index (κ1) is 12.5. The highest BCUT2D eigenvalue weighted by Crippen LogP contribution is 2.41. The minimum absolute atomic E-state index is 0.406. The van der Waals surface area contributed by atoms with E-state index in [1.807, 2.05) is 0 Å². The molecule has 1 nitrogen and oxygen atoms in total. The number of anilines is 1. The van der Waals surface area contributed by atoms with Crippen LogP contribution in [-0.4, -0.2) is 0 Å². The molecule has 0 spiro atoms. The summed E-state index contributed by atoms with van der Waals surface area (Å²) in [5.41, 5.74) is 3.85. The van der Waals surface area contributed by atoms with E-state index >= 15 is 0 Å². The number of aryl methyl sites for hydroxylation is 2. The second kappa shape index (κ2) is 4.87. The first-order valence-corrected chi connectivity index (χ1v) is 7.93. The number of thiophene rings is 1. The average molecular weight is 343 g/mol. The number of halogens is 2. The van der Waals surface area contributed by atoms with E-state index in [0.717, 1.165) is 21.7 Å². The molecule has 0 radical (unpaired) electrons. The van der Waals surface area contributed by atoms with E-state index in [9.17, 15) is 0 Å². The lowest BCUT2D eigenvalue weighted by Gasteiger charge is -2.16. The Morgan fingerprint density at radius 2 is 2.22 bits per heavy atom. The van der Waals surface area contributed by atoms with Crippen molar-refractivity contribution in [1.29, 1.82) is 0 Å². The first-order chi connectivity index (χ1) is 8.63. The van der Waals surface area contributed by atoms with Crippen molar-refractivity contribution < 1.29 is 0 Å². The molecule has 1 aliphatic carbocycles. The van der Waals surface area contributed by atoms with E-state index in [0.29, 0.717) is 6.04 Å². The number of hydrogen-bond donors (Lipinski definition) is 1. The Hall–Kier alpha value is -0.510. The zero-order valence-corrected chi connectivity index (χ0v) is 13.1. The third-order valence-corrected chi connectivity index (χ3v) is 5.20. The Morgan fingerprint density at radius 3 is 3.00 bits per heavy atom. The molecular weight excluding hydrogens is 330 g/mol. The molecule has 1 N–H and O–H groups in total. The van der Waals surface area contributed by atoms with Gasteiger partial charge < -0.3 is 5.32 Å². The molecule has 1 aliphatic rings. The molecule has 0 saturated carbocycles. The fourth-order valence-corrected chi connectivity index (χ4v) is 4.29. The summed E-state index contributed by atoms with van der Waals surface area (Å²) in [6, 6.07) is 8.86. The van der Waals surface area contributed by atoms with Gasteiger partial charge in [-0.15, -0.1) is 11.3 Å². The van der Waals surface area contributed by atoms with E-state index in [1.54, 1.807) is 11.3 Å². The maximum Gasteiger partial charge on any atom is 0.0934 e. The molecule has 0 bridgehead atoms. The van der Waals surface area contributed by atoms with Crippen molar-refractivity contribution >= 4 is 44.6 Å². The van der Waals surface area contributed by atoms with Crippen molar-refractivity contribution in [3.63, 3.8) is 0 Å². The quantitative estimate of drug-likeness (QED) is 0.752. The van der Waals surface area contributed by atoms with Crippen molar-refractivity contribution in [2.45, 2.75) is 25.8 Å². The maximum absolute atomic E-state index is 6.08. The van der Waals surface area contributed by atoms with Gasteiger partial charge in [0.05, 0.1) is 10.4 Å². The number of rotatable bonds is 2. The summed E-state index contributed by atoms with van der Waals surface area (Å²) in [6.07, 6.45) is 2.30. The summed E-state index contributed by atoms with van der Waals surface area (Å²) in [6.45, 7) is 2.13. The van der Waals surface area contributed by atoms with Gasteiger partial charge in [0.15, 0.2) is 0 Å². The lowest BCUT2D eigenvalue weighted by atomic mass is 10.1. The molecule has 0 fully saturated rings. The van der Waals surface area contributed by atoms with Crippen LogP contribution >= 0.6 is 38.9 Å². The monoisotopic (exact) mass is 341 g/mol. The summed E-state index contributed by atoms with van der Waals surface area (Å²) in [5, 5.41) is 3.63. The van der Waals surface area contributed by atoms with Crippen LogP contribution in [0.1, 0.15) is 28.5 Å². The largest absolute Gasteiger partial charge is 0.378 e. The Bertz CT molecular complexity index is 593. The summed E-state index contributed by atoms with van der Waals surface area (Å²) in [7, 11) is 0. The standard InChI is InChI=1S/C14H13BrClNS/c1-8-6-9(15)2-3-11(8)17-12-4-5-13-10(12)7-14(16)18-13/h2-3,6-7,12,17H,4-5H2,1H3. The van der Waals surface area contributed by atoms with Gasteiger partial charge in [-0.2, -0.15) is 0 Å². The smallest absolute Gasteiger partial charge is 0.0934 e. The zero-order chi connectivity index (χ0) is 12.7. The highest BCUT2D eigenvalue weighted by atomic mass is 79.9. The van der Waals surface area contributed by atoms with Crippen molar-refractivity contribution in [1.82, 2.24) is 0 Å². The highest BCUT2D eigenvalue weighted by Gasteiger charge is 2.25. The summed E-state index contributed by atoms with van der Waals surface area (Å²) >= 11 is 11.3. The van der Waals surface area contributed by atoms with Crippen LogP contribution in [-0.2, 0) is 6.42 Å². The minimum Gasteiger partial charge on any atom is -0.378 e. The molecule has 18 heavy (non-hydrogen) atoms. The van der Waals surface area contributed by atoms with Gasteiger partial charge in [0.25, 0.3) is 0 Å². The zero-order valence-electron chi connectivity index (χ0n) is 9.97. The minimum atomic E-state index is 0.406. The SMILES string of the molecule is Cc1cc(Br)ccc1NC1CCc2sc(Cl)cc21. The predicted octanol–water partition coefficient (Wildman–Crippen LogP) is 5.57. The molecule has 0 amide bonds. The molecular formula is C14H13BrClNS. The summed E-state index contributed by atoms with van der Waals surface area (Å²) < 4.78 is 2.02. The van der Waals surface area contributed by atoms with E-state index in [4.69, 9.17) is 11.6 Å². The van der Waals surface area contributed by atoms with Crippen LogP contribution in [0.2, 0.25) is 4.34 Å². The molecule has 1 aromatic carbocycles. The van der Waals surface area contributed by atoms with Gasteiger partial charge in [0, 0.05) is 15.0 Å². The second-order valence-corrected chi connectivity index (χ2v) is 7.31. The molecule has 1 aromatic heterocycles. The van der Waals surface area contributed by atoms with Crippen LogP contribution in [0.25, 0.3) is 0 Å². The first-order valence-electron chi connectivity index (χ1n) is 5.94. The lowest BCUT2D eigenvalue weighted by Crippen LogP contribution is -2.07. The van der Waals surface area contributed by atoms with Crippen LogP contribution < -0.4 is 5.32 Å². The lowest BCUT2D eigenvalue weighted by molar-refractivity contribution is 0.761. The third kappa shape index (κ3) is 2.31. The molecule has 2 aromatic rings. The van der Waals surface area contributed by atoms with Crippen molar-refractivity contribution in [2.24, 2.45) is 0 Å². The Balaban J connectivity index is 1.85. The Morgan fingerprint density at radius 1 is 1.39 bits per heavy atom.